The maximum Gasteiger partial charge on any atom is 0.261 e. The van der Waals surface area contributed by atoms with Crippen LogP contribution in [-0.2, 0) is 9.59 Å². The lowest BCUT2D eigenvalue weighted by Gasteiger charge is -2.57. The van der Waals surface area contributed by atoms with Gasteiger partial charge in [0.05, 0.1) is 17.5 Å². The average molecular weight is 388 g/mol. The van der Waals surface area contributed by atoms with Crippen molar-refractivity contribution in [3.63, 3.8) is 0 Å². The zero-order valence-corrected chi connectivity index (χ0v) is 17.1. The van der Waals surface area contributed by atoms with E-state index in [0.717, 1.165) is 11.1 Å². The molecule has 26 heavy (non-hydrogen) atoms. The van der Waals surface area contributed by atoms with Crippen molar-refractivity contribution in [2.45, 2.75) is 49.9 Å². The molecule has 0 N–H and O–H groups in total. The van der Waals surface area contributed by atoms with E-state index in [1.165, 1.54) is 27.2 Å². The second kappa shape index (κ2) is 5.20. The Labute approximate surface area is 161 Å². The first kappa shape index (κ1) is 17.7. The summed E-state index contributed by atoms with van der Waals surface area (Å²) in [6, 6.07) is 8.08. The molecule has 5 nitrogen and oxygen atoms in total. The molecule has 4 saturated heterocycles. The van der Waals surface area contributed by atoms with Crippen molar-refractivity contribution in [1.29, 1.82) is 5.26 Å². The standard InChI is InChI=1S/C19H21N3O2S2/c1-11-6-7-13(8-12(11)2)14-17(3,10-20)9-19-16(24)21(5)18(4,25-26-19)15(23)22(14)19/h6-8,14H,9H2,1-5H3/t14?,17-,18-,19+/m1/s1. The highest BCUT2D eigenvalue weighted by Crippen LogP contribution is 2.69. The highest BCUT2D eigenvalue weighted by molar-refractivity contribution is 8.78. The van der Waals surface area contributed by atoms with Gasteiger partial charge in [-0.2, -0.15) is 5.26 Å². The molecule has 4 aliphatic rings. The van der Waals surface area contributed by atoms with Crippen LogP contribution in [0.25, 0.3) is 0 Å². The Morgan fingerprint density at radius 1 is 1.15 bits per heavy atom. The van der Waals surface area contributed by atoms with Crippen LogP contribution >= 0.6 is 21.6 Å². The lowest BCUT2D eigenvalue weighted by Crippen LogP contribution is -2.73. The number of amides is 2. The lowest BCUT2D eigenvalue weighted by molar-refractivity contribution is -0.164. The number of nitriles is 1. The van der Waals surface area contributed by atoms with Gasteiger partial charge in [0.15, 0.2) is 9.74 Å². The van der Waals surface area contributed by atoms with Crippen LogP contribution < -0.4 is 0 Å². The molecule has 136 valence electrons. The van der Waals surface area contributed by atoms with Crippen molar-refractivity contribution in [2.75, 3.05) is 7.05 Å². The number of fused-ring (bicyclic) bond motifs is 2. The number of rotatable bonds is 1. The van der Waals surface area contributed by atoms with Crippen LogP contribution in [0.3, 0.4) is 0 Å². The van der Waals surface area contributed by atoms with E-state index in [1.54, 1.807) is 23.8 Å². The molecule has 0 aromatic heterocycles. The van der Waals surface area contributed by atoms with Crippen LogP contribution in [0, 0.1) is 30.6 Å². The summed E-state index contributed by atoms with van der Waals surface area (Å²) >= 11 is 0. The molecule has 2 bridgehead atoms. The Bertz CT molecular complexity index is 897. The fourth-order valence-corrected chi connectivity index (χ4v) is 7.94. The minimum absolute atomic E-state index is 0.0730. The van der Waals surface area contributed by atoms with Crippen molar-refractivity contribution in [1.82, 2.24) is 9.80 Å². The number of benzene rings is 1. The van der Waals surface area contributed by atoms with E-state index < -0.39 is 21.2 Å². The van der Waals surface area contributed by atoms with Crippen LogP contribution in [0.15, 0.2) is 18.2 Å². The summed E-state index contributed by atoms with van der Waals surface area (Å²) in [6.07, 6.45) is 0.344. The SMILES string of the molecule is Cc1ccc(C2N3C(=O)[C@@]4(C)SS[C@@]3(C[C@]2(C)C#N)C(=O)N4C)cc1C. The largest absolute Gasteiger partial charge is 0.319 e. The van der Waals surface area contributed by atoms with Gasteiger partial charge in [-0.3, -0.25) is 9.59 Å². The summed E-state index contributed by atoms with van der Waals surface area (Å²) in [5.41, 5.74) is 2.39. The molecular formula is C19H21N3O2S2. The molecule has 4 heterocycles. The maximum atomic E-state index is 13.5. The van der Waals surface area contributed by atoms with E-state index in [-0.39, 0.29) is 11.8 Å². The quantitative estimate of drug-likeness (QED) is 0.691. The van der Waals surface area contributed by atoms with Gasteiger partial charge in [-0.05, 0) is 44.4 Å². The Balaban J connectivity index is 1.95. The second-order valence-corrected chi connectivity index (χ2v) is 10.7. The molecule has 4 atom stereocenters. The molecule has 1 aromatic rings. The monoisotopic (exact) mass is 387 g/mol. The molecule has 5 rings (SSSR count). The van der Waals surface area contributed by atoms with Crippen molar-refractivity contribution in [2.24, 2.45) is 5.41 Å². The number of hydrogen-bond acceptors (Lipinski definition) is 5. The summed E-state index contributed by atoms with van der Waals surface area (Å²) in [4.78, 5) is 28.1. The van der Waals surface area contributed by atoms with E-state index in [2.05, 4.69) is 12.1 Å². The van der Waals surface area contributed by atoms with Crippen molar-refractivity contribution < 1.29 is 9.59 Å². The normalized spacial score (nSPS) is 38.5. The van der Waals surface area contributed by atoms with E-state index in [4.69, 9.17) is 0 Å². The Morgan fingerprint density at radius 2 is 1.85 bits per heavy atom. The number of carbonyl (C=O) groups excluding carboxylic acids is 2. The summed E-state index contributed by atoms with van der Waals surface area (Å²) < 4.78 is 0. The summed E-state index contributed by atoms with van der Waals surface area (Å²) in [7, 11) is 4.58. The molecule has 0 saturated carbocycles. The number of nitrogens with zero attached hydrogens (tertiary/aromatic N) is 3. The van der Waals surface area contributed by atoms with Crippen LogP contribution in [0.1, 0.15) is 43.0 Å². The molecule has 4 fully saturated rings. The third kappa shape index (κ3) is 1.89. The van der Waals surface area contributed by atoms with E-state index in [1.807, 2.05) is 32.9 Å². The zero-order chi connectivity index (χ0) is 19.1. The highest BCUT2D eigenvalue weighted by atomic mass is 33.1. The molecule has 2 amide bonds. The van der Waals surface area contributed by atoms with Crippen molar-refractivity contribution in [3.05, 3.63) is 34.9 Å². The molecule has 1 spiro atoms. The van der Waals surface area contributed by atoms with Gasteiger partial charge in [-0.15, -0.1) is 0 Å². The van der Waals surface area contributed by atoms with Crippen molar-refractivity contribution >= 4 is 33.4 Å². The predicted octanol–water partition coefficient (Wildman–Crippen LogP) is 3.39. The van der Waals surface area contributed by atoms with Gasteiger partial charge in [0.25, 0.3) is 11.8 Å². The minimum Gasteiger partial charge on any atom is -0.319 e. The summed E-state index contributed by atoms with van der Waals surface area (Å²) in [5.74, 6) is -0.151. The summed E-state index contributed by atoms with van der Waals surface area (Å²) in [5, 5.41) is 10.0. The average Bonchev–Trinajstić information content (AvgIpc) is 2.89. The first-order valence-electron chi connectivity index (χ1n) is 8.58. The lowest BCUT2D eigenvalue weighted by atomic mass is 9.79. The third-order valence-electron chi connectivity index (χ3n) is 6.20. The minimum atomic E-state index is -0.998. The van der Waals surface area contributed by atoms with Crippen molar-refractivity contribution in [3.8, 4) is 6.07 Å². The first-order chi connectivity index (χ1) is 12.1. The molecule has 7 heteroatoms. The highest BCUT2D eigenvalue weighted by Gasteiger charge is 2.74. The van der Waals surface area contributed by atoms with Crippen LogP contribution in [0.2, 0.25) is 0 Å². The van der Waals surface area contributed by atoms with Crippen LogP contribution in [0.5, 0.6) is 0 Å². The van der Waals surface area contributed by atoms with E-state index >= 15 is 0 Å². The van der Waals surface area contributed by atoms with Gasteiger partial charge >= 0.3 is 0 Å². The molecule has 4 aliphatic heterocycles. The van der Waals surface area contributed by atoms with Crippen LogP contribution in [0.4, 0.5) is 0 Å². The van der Waals surface area contributed by atoms with Gasteiger partial charge in [0.1, 0.15) is 0 Å². The van der Waals surface area contributed by atoms with E-state index in [0.29, 0.717) is 6.42 Å². The predicted molar refractivity (Wildman–Crippen MR) is 103 cm³/mol. The fraction of sp³-hybridized carbons (Fsp3) is 0.526. The number of hydrogen-bond donors (Lipinski definition) is 0. The molecule has 0 aliphatic carbocycles. The number of aryl methyl sites for hydroxylation is 2. The Morgan fingerprint density at radius 3 is 2.46 bits per heavy atom. The maximum absolute atomic E-state index is 13.5. The van der Waals surface area contributed by atoms with Gasteiger partial charge in [0, 0.05) is 13.5 Å². The Hall–Kier alpha value is -1.65. The number of carbonyl (C=O) groups is 2. The topological polar surface area (TPSA) is 64.4 Å². The van der Waals surface area contributed by atoms with Gasteiger partial charge in [-0.1, -0.05) is 39.8 Å². The number of likely N-dealkylation sites (N-methyl/N-ethyl adjacent to an activating group) is 1. The summed E-state index contributed by atoms with van der Waals surface area (Å²) in [6.45, 7) is 7.75. The third-order valence-corrected chi connectivity index (χ3v) is 9.89. The Kier molecular flexibility index (Phi) is 3.55. The molecular weight excluding hydrogens is 366 g/mol. The fourth-order valence-electron chi connectivity index (χ4n) is 4.35. The number of piperazine rings is 1. The molecule has 1 aromatic carbocycles. The van der Waals surface area contributed by atoms with Crippen LogP contribution in [-0.4, -0.2) is 38.4 Å². The molecule has 0 radical (unpaired) electrons. The van der Waals surface area contributed by atoms with Gasteiger partial charge in [-0.25, -0.2) is 0 Å². The smallest absolute Gasteiger partial charge is 0.261 e. The van der Waals surface area contributed by atoms with E-state index in [9.17, 15) is 14.9 Å². The molecule has 1 unspecified atom stereocenters. The van der Waals surface area contributed by atoms with Gasteiger partial charge in [0.2, 0.25) is 0 Å². The second-order valence-electron chi connectivity index (χ2n) is 7.93. The first-order valence-corrected chi connectivity index (χ1v) is 10.7. The van der Waals surface area contributed by atoms with Gasteiger partial charge < -0.3 is 9.80 Å². The zero-order valence-electron chi connectivity index (χ0n) is 15.5.